The minimum absolute atomic E-state index is 0. The molecular formula is C18H27ClN4O2. The summed E-state index contributed by atoms with van der Waals surface area (Å²) in [5.41, 5.74) is 1.95. The molecule has 2 rings (SSSR count). The van der Waals surface area contributed by atoms with Crippen LogP contribution in [0.2, 0.25) is 0 Å². The maximum Gasteiger partial charge on any atom is 0.257 e. The third-order valence-corrected chi connectivity index (χ3v) is 3.94. The largest absolute Gasteiger partial charge is 0.341 e. The zero-order chi connectivity index (χ0) is 17.7. The highest BCUT2D eigenvalue weighted by atomic mass is 35.5. The van der Waals surface area contributed by atoms with E-state index in [2.05, 4.69) is 22.4 Å². The van der Waals surface area contributed by atoms with Crippen LogP contribution in [0.3, 0.4) is 0 Å². The summed E-state index contributed by atoms with van der Waals surface area (Å²) in [6.45, 7) is 6.47. The highest BCUT2D eigenvalue weighted by molar-refractivity contribution is 5.85. The average Bonchev–Trinajstić information content (AvgIpc) is 3.02. The van der Waals surface area contributed by atoms with E-state index >= 15 is 0 Å². The molecular weight excluding hydrogens is 340 g/mol. The second-order valence-corrected chi connectivity index (χ2v) is 6.46. The molecule has 0 aliphatic carbocycles. The maximum atomic E-state index is 11.9. The Morgan fingerprint density at radius 2 is 1.88 bits per heavy atom. The van der Waals surface area contributed by atoms with E-state index in [0.717, 1.165) is 17.5 Å². The molecule has 25 heavy (non-hydrogen) atoms. The number of rotatable bonds is 7. The predicted octanol–water partition coefficient (Wildman–Crippen LogP) is 2.92. The molecule has 7 heteroatoms. The minimum atomic E-state index is 0. The topological polar surface area (TPSA) is 71.3 Å². The lowest BCUT2D eigenvalue weighted by atomic mass is 10.1. The van der Waals surface area contributed by atoms with Crippen molar-refractivity contribution in [3.05, 3.63) is 35.7 Å². The highest BCUT2D eigenvalue weighted by Crippen LogP contribution is 2.19. The zero-order valence-electron chi connectivity index (χ0n) is 15.4. The molecule has 0 radical (unpaired) electrons. The van der Waals surface area contributed by atoms with Gasteiger partial charge in [0.2, 0.25) is 5.91 Å². The van der Waals surface area contributed by atoms with E-state index in [1.165, 1.54) is 0 Å². The van der Waals surface area contributed by atoms with Gasteiger partial charge < -0.3 is 14.7 Å². The fourth-order valence-corrected chi connectivity index (χ4v) is 2.38. The van der Waals surface area contributed by atoms with Gasteiger partial charge in [0.05, 0.1) is 0 Å². The van der Waals surface area contributed by atoms with Gasteiger partial charge in [-0.15, -0.1) is 12.4 Å². The standard InChI is InChI=1S/C18H26N4O2.ClH/c1-12(2)18(23)22(5)11-14-6-8-15(9-7-14)17-20-16(21-24-17)10-13(3)19-4;/h6-9,12-13,19H,10-11H2,1-5H3;1H. The summed E-state index contributed by atoms with van der Waals surface area (Å²) in [4.78, 5) is 18.1. The lowest BCUT2D eigenvalue weighted by Crippen LogP contribution is -2.29. The van der Waals surface area contributed by atoms with Gasteiger partial charge in [-0.1, -0.05) is 31.1 Å². The average molecular weight is 367 g/mol. The van der Waals surface area contributed by atoms with E-state index in [9.17, 15) is 4.79 Å². The van der Waals surface area contributed by atoms with Crippen LogP contribution < -0.4 is 5.32 Å². The van der Waals surface area contributed by atoms with Crippen LogP contribution in [0.25, 0.3) is 11.5 Å². The zero-order valence-corrected chi connectivity index (χ0v) is 16.3. The van der Waals surface area contributed by atoms with Gasteiger partial charge in [-0.05, 0) is 31.7 Å². The number of carbonyl (C=O) groups is 1. The molecule has 0 bridgehead atoms. The number of likely N-dealkylation sites (N-methyl/N-ethyl adjacent to an activating group) is 1. The summed E-state index contributed by atoms with van der Waals surface area (Å²) in [5.74, 6) is 1.36. The fourth-order valence-electron chi connectivity index (χ4n) is 2.38. The van der Waals surface area contributed by atoms with Gasteiger partial charge in [-0.2, -0.15) is 4.98 Å². The quantitative estimate of drug-likeness (QED) is 0.815. The summed E-state index contributed by atoms with van der Waals surface area (Å²) in [7, 11) is 3.73. The molecule has 0 fully saturated rings. The first-order chi connectivity index (χ1) is 11.4. The Morgan fingerprint density at radius 3 is 2.44 bits per heavy atom. The van der Waals surface area contributed by atoms with Gasteiger partial charge in [0.25, 0.3) is 5.89 Å². The van der Waals surface area contributed by atoms with Crippen molar-refractivity contribution in [3.63, 3.8) is 0 Å². The van der Waals surface area contributed by atoms with Crippen LogP contribution in [0.5, 0.6) is 0 Å². The lowest BCUT2D eigenvalue weighted by molar-refractivity contribution is -0.133. The second-order valence-electron chi connectivity index (χ2n) is 6.46. The van der Waals surface area contributed by atoms with Gasteiger partial charge in [0.1, 0.15) is 0 Å². The van der Waals surface area contributed by atoms with Crippen molar-refractivity contribution in [1.82, 2.24) is 20.4 Å². The van der Waals surface area contributed by atoms with Crippen molar-refractivity contribution < 1.29 is 9.32 Å². The molecule has 1 unspecified atom stereocenters. The van der Waals surface area contributed by atoms with E-state index in [1.807, 2.05) is 52.2 Å². The first-order valence-electron chi connectivity index (χ1n) is 8.24. The number of halogens is 1. The number of benzene rings is 1. The van der Waals surface area contributed by atoms with E-state index in [1.54, 1.807) is 4.90 Å². The number of aromatic nitrogens is 2. The van der Waals surface area contributed by atoms with E-state index in [-0.39, 0.29) is 24.2 Å². The Hall–Kier alpha value is -1.92. The SMILES string of the molecule is CNC(C)Cc1noc(-c2ccc(CN(C)C(=O)C(C)C)cc2)n1.Cl. The van der Waals surface area contributed by atoms with Crippen LogP contribution >= 0.6 is 12.4 Å². The molecule has 2 aromatic rings. The number of hydrogen-bond acceptors (Lipinski definition) is 5. The normalized spacial score (nSPS) is 11.9. The monoisotopic (exact) mass is 366 g/mol. The maximum absolute atomic E-state index is 11.9. The van der Waals surface area contributed by atoms with Crippen molar-refractivity contribution in [2.45, 2.75) is 39.8 Å². The van der Waals surface area contributed by atoms with Crippen molar-refractivity contribution in [1.29, 1.82) is 0 Å². The third-order valence-electron chi connectivity index (χ3n) is 3.94. The van der Waals surface area contributed by atoms with Crippen LogP contribution in [0.15, 0.2) is 28.8 Å². The van der Waals surface area contributed by atoms with E-state index in [0.29, 0.717) is 24.3 Å². The number of nitrogens with zero attached hydrogens (tertiary/aromatic N) is 3. The van der Waals surface area contributed by atoms with Crippen molar-refractivity contribution >= 4 is 18.3 Å². The summed E-state index contributed by atoms with van der Waals surface area (Å²) < 4.78 is 5.33. The van der Waals surface area contributed by atoms with Gasteiger partial charge >= 0.3 is 0 Å². The molecule has 1 atom stereocenters. The third kappa shape index (κ3) is 5.83. The molecule has 1 amide bonds. The molecule has 0 spiro atoms. The first-order valence-corrected chi connectivity index (χ1v) is 8.24. The van der Waals surface area contributed by atoms with Crippen LogP contribution in [0.4, 0.5) is 0 Å². The summed E-state index contributed by atoms with van der Waals surface area (Å²) in [6, 6.07) is 8.16. The molecule has 1 aromatic heterocycles. The van der Waals surface area contributed by atoms with Crippen LogP contribution in [0.1, 0.15) is 32.2 Å². The molecule has 0 saturated carbocycles. The summed E-state index contributed by atoms with van der Waals surface area (Å²) in [5, 5.41) is 7.17. The van der Waals surface area contributed by atoms with Crippen LogP contribution in [-0.2, 0) is 17.8 Å². The first kappa shape index (κ1) is 21.1. The number of hydrogen-bond donors (Lipinski definition) is 1. The van der Waals surface area contributed by atoms with Crippen LogP contribution in [-0.4, -0.2) is 41.1 Å². The Bertz CT molecular complexity index is 670. The van der Waals surface area contributed by atoms with Crippen molar-refractivity contribution in [3.8, 4) is 11.5 Å². The van der Waals surface area contributed by atoms with Gasteiger partial charge in [-0.3, -0.25) is 4.79 Å². The molecule has 0 aliphatic rings. The smallest absolute Gasteiger partial charge is 0.257 e. The van der Waals surface area contributed by atoms with Gasteiger partial charge in [-0.25, -0.2) is 0 Å². The summed E-state index contributed by atoms with van der Waals surface area (Å²) in [6.07, 6.45) is 0.722. The Morgan fingerprint density at radius 1 is 1.24 bits per heavy atom. The highest BCUT2D eigenvalue weighted by Gasteiger charge is 2.14. The Kier molecular flexibility index (Phi) is 8.06. The molecule has 0 aliphatic heterocycles. The molecule has 0 saturated heterocycles. The number of carbonyl (C=O) groups excluding carboxylic acids is 1. The van der Waals surface area contributed by atoms with Gasteiger partial charge in [0.15, 0.2) is 5.82 Å². The van der Waals surface area contributed by atoms with Crippen molar-refractivity contribution in [2.75, 3.05) is 14.1 Å². The molecule has 6 nitrogen and oxygen atoms in total. The number of amides is 1. The molecule has 138 valence electrons. The van der Waals surface area contributed by atoms with E-state index in [4.69, 9.17) is 4.52 Å². The minimum Gasteiger partial charge on any atom is -0.341 e. The fraction of sp³-hybridized carbons (Fsp3) is 0.500. The summed E-state index contributed by atoms with van der Waals surface area (Å²) >= 11 is 0. The molecule has 1 aromatic carbocycles. The predicted molar refractivity (Wildman–Crippen MR) is 101 cm³/mol. The lowest BCUT2D eigenvalue weighted by Gasteiger charge is -2.19. The Balaban J connectivity index is 0.00000312. The number of nitrogens with one attached hydrogen (secondary N) is 1. The van der Waals surface area contributed by atoms with Crippen LogP contribution in [0, 0.1) is 5.92 Å². The Labute approximate surface area is 155 Å². The molecule has 1 N–H and O–H groups in total. The van der Waals surface area contributed by atoms with E-state index < -0.39 is 0 Å². The molecule has 1 heterocycles. The van der Waals surface area contributed by atoms with Crippen molar-refractivity contribution in [2.24, 2.45) is 5.92 Å². The van der Waals surface area contributed by atoms with Gasteiger partial charge in [0, 0.05) is 37.5 Å². The second kappa shape index (κ2) is 9.53.